The first-order valence-corrected chi connectivity index (χ1v) is 8.26. The summed E-state index contributed by atoms with van der Waals surface area (Å²) >= 11 is 7.42. The van der Waals surface area contributed by atoms with Crippen molar-refractivity contribution in [1.82, 2.24) is 5.32 Å². The van der Waals surface area contributed by atoms with E-state index >= 15 is 0 Å². The molecule has 0 spiro atoms. The zero-order valence-corrected chi connectivity index (χ0v) is 14.8. The molecule has 0 fully saturated rings. The molecule has 1 N–H and O–H groups in total. The second-order valence-electron chi connectivity index (χ2n) is 5.35. The highest BCUT2D eigenvalue weighted by molar-refractivity contribution is 7.16. The third-order valence-electron chi connectivity index (χ3n) is 3.55. The van der Waals surface area contributed by atoms with Crippen molar-refractivity contribution in [2.24, 2.45) is 0 Å². The molecule has 2 rings (SSSR count). The number of carbonyl (C=O) groups is 1. The van der Waals surface area contributed by atoms with Gasteiger partial charge < -0.3 is 10.1 Å². The van der Waals surface area contributed by atoms with Crippen LogP contribution in [0.15, 0.2) is 24.3 Å². The first kappa shape index (κ1) is 17.0. The maximum Gasteiger partial charge on any atom is 0.251 e. The molecule has 0 saturated carbocycles. The van der Waals surface area contributed by atoms with Crippen LogP contribution in [0, 0.1) is 20.8 Å². The quantitative estimate of drug-likeness (QED) is 0.875. The summed E-state index contributed by atoms with van der Waals surface area (Å²) in [5.41, 5.74) is 3.88. The van der Waals surface area contributed by atoms with Crippen molar-refractivity contribution in [2.45, 2.75) is 26.9 Å². The Morgan fingerprint density at radius 1 is 1.27 bits per heavy atom. The molecule has 0 radical (unpaired) electrons. The minimum atomic E-state index is -0.187. The average molecular weight is 338 g/mol. The number of nitrogens with one attached hydrogen (secondary N) is 1. The van der Waals surface area contributed by atoms with Crippen LogP contribution in [0.5, 0.6) is 0 Å². The smallest absolute Gasteiger partial charge is 0.251 e. The molecule has 0 aliphatic carbocycles. The number of ether oxygens (including phenoxy) is 1. The number of amides is 1. The van der Waals surface area contributed by atoms with Crippen molar-refractivity contribution >= 4 is 28.8 Å². The number of thiophene rings is 1. The molecule has 2 aromatic rings. The van der Waals surface area contributed by atoms with Gasteiger partial charge in [0, 0.05) is 24.1 Å². The van der Waals surface area contributed by atoms with E-state index in [1.54, 1.807) is 7.11 Å². The van der Waals surface area contributed by atoms with Crippen LogP contribution in [0.1, 0.15) is 38.0 Å². The van der Waals surface area contributed by atoms with E-state index < -0.39 is 0 Å². The Morgan fingerprint density at radius 3 is 2.41 bits per heavy atom. The van der Waals surface area contributed by atoms with Gasteiger partial charge in [-0.2, -0.15) is 0 Å². The highest BCUT2D eigenvalue weighted by atomic mass is 35.5. The number of hydrogen-bond acceptors (Lipinski definition) is 3. The fourth-order valence-corrected chi connectivity index (χ4v) is 3.75. The molecule has 5 heteroatoms. The van der Waals surface area contributed by atoms with E-state index in [1.807, 2.05) is 45.0 Å². The van der Waals surface area contributed by atoms with E-state index in [2.05, 4.69) is 5.32 Å². The van der Waals surface area contributed by atoms with Crippen molar-refractivity contribution in [3.8, 4) is 0 Å². The van der Waals surface area contributed by atoms with Gasteiger partial charge in [-0.15, -0.1) is 11.3 Å². The van der Waals surface area contributed by atoms with Gasteiger partial charge in [-0.3, -0.25) is 4.79 Å². The zero-order chi connectivity index (χ0) is 16.3. The van der Waals surface area contributed by atoms with Crippen LogP contribution < -0.4 is 5.32 Å². The van der Waals surface area contributed by atoms with Gasteiger partial charge in [0.05, 0.1) is 4.34 Å². The third kappa shape index (κ3) is 3.88. The normalized spacial score (nSPS) is 12.2. The monoisotopic (exact) mass is 337 g/mol. The molecule has 1 atom stereocenters. The second-order valence-corrected chi connectivity index (χ2v) is 7.10. The van der Waals surface area contributed by atoms with Crippen molar-refractivity contribution in [1.29, 1.82) is 0 Å². The molecular weight excluding hydrogens is 318 g/mol. The van der Waals surface area contributed by atoms with Crippen LogP contribution in [0.25, 0.3) is 0 Å². The van der Waals surface area contributed by atoms with Crippen molar-refractivity contribution in [3.63, 3.8) is 0 Å². The van der Waals surface area contributed by atoms with Gasteiger partial charge in [-0.05, 0) is 44.0 Å². The fourth-order valence-electron chi connectivity index (χ4n) is 2.61. The maximum absolute atomic E-state index is 12.5. The van der Waals surface area contributed by atoms with Gasteiger partial charge in [0.2, 0.25) is 0 Å². The molecule has 1 heterocycles. The van der Waals surface area contributed by atoms with Crippen LogP contribution >= 0.6 is 22.9 Å². The molecule has 1 unspecified atom stereocenters. The lowest BCUT2D eigenvalue weighted by atomic mass is 9.99. The Kier molecular flexibility index (Phi) is 5.62. The topological polar surface area (TPSA) is 38.3 Å². The predicted octanol–water partition coefficient (Wildman–Crippen LogP) is 4.44. The van der Waals surface area contributed by atoms with E-state index in [4.69, 9.17) is 16.3 Å². The van der Waals surface area contributed by atoms with Gasteiger partial charge >= 0.3 is 0 Å². The van der Waals surface area contributed by atoms with Gasteiger partial charge in [-0.25, -0.2) is 0 Å². The lowest BCUT2D eigenvalue weighted by Gasteiger charge is -2.16. The first-order valence-electron chi connectivity index (χ1n) is 7.06. The summed E-state index contributed by atoms with van der Waals surface area (Å²) in [6.45, 7) is 6.37. The summed E-state index contributed by atoms with van der Waals surface area (Å²) in [5.74, 6) is -0.0697. The number of methoxy groups -OCH3 is 1. The minimum Gasteiger partial charge on any atom is -0.374 e. The largest absolute Gasteiger partial charge is 0.374 e. The summed E-state index contributed by atoms with van der Waals surface area (Å²) in [5, 5.41) is 2.96. The highest BCUT2D eigenvalue weighted by Gasteiger charge is 2.17. The van der Waals surface area contributed by atoms with Crippen LogP contribution in [-0.2, 0) is 4.74 Å². The third-order valence-corrected chi connectivity index (χ3v) is 4.87. The molecule has 0 aliphatic heterocycles. The lowest BCUT2D eigenvalue weighted by Crippen LogP contribution is -2.30. The lowest BCUT2D eigenvalue weighted by molar-refractivity contribution is 0.0836. The Morgan fingerprint density at radius 2 is 1.91 bits per heavy atom. The van der Waals surface area contributed by atoms with E-state index in [9.17, 15) is 4.79 Å². The number of carbonyl (C=O) groups excluding carboxylic acids is 1. The molecule has 0 saturated heterocycles. The van der Waals surface area contributed by atoms with Gasteiger partial charge in [-0.1, -0.05) is 29.3 Å². The maximum atomic E-state index is 12.5. The van der Waals surface area contributed by atoms with E-state index in [0.29, 0.717) is 10.9 Å². The molecular formula is C17H20ClNO2S. The van der Waals surface area contributed by atoms with Crippen molar-refractivity contribution < 1.29 is 9.53 Å². The standard InChI is InChI=1S/C17H20ClNO2S/c1-10-7-11(2)16(12(3)8-10)17(20)19-9-13(21-4)14-5-6-15(18)22-14/h5-8,13H,9H2,1-4H3,(H,19,20). The van der Waals surface area contributed by atoms with E-state index in [1.165, 1.54) is 11.3 Å². The molecule has 118 valence electrons. The number of rotatable bonds is 5. The van der Waals surface area contributed by atoms with E-state index in [0.717, 1.165) is 27.1 Å². The van der Waals surface area contributed by atoms with Crippen LogP contribution in [-0.4, -0.2) is 19.6 Å². The fraction of sp³-hybridized carbons (Fsp3) is 0.353. The van der Waals surface area contributed by atoms with Crippen molar-refractivity contribution in [2.75, 3.05) is 13.7 Å². The number of hydrogen-bond donors (Lipinski definition) is 1. The summed E-state index contributed by atoms with van der Waals surface area (Å²) in [6.07, 6.45) is -0.187. The van der Waals surface area contributed by atoms with Gasteiger partial charge in [0.15, 0.2) is 0 Å². The van der Waals surface area contributed by atoms with Gasteiger partial charge in [0.25, 0.3) is 5.91 Å². The Balaban J connectivity index is 2.09. The molecule has 3 nitrogen and oxygen atoms in total. The molecule has 0 aliphatic rings. The van der Waals surface area contributed by atoms with E-state index in [-0.39, 0.29) is 12.0 Å². The molecule has 1 aromatic carbocycles. The van der Waals surface area contributed by atoms with Crippen LogP contribution in [0.2, 0.25) is 4.34 Å². The number of aryl methyl sites for hydroxylation is 3. The molecule has 1 aromatic heterocycles. The number of halogens is 1. The average Bonchev–Trinajstić information content (AvgIpc) is 2.85. The molecule has 22 heavy (non-hydrogen) atoms. The van der Waals surface area contributed by atoms with Crippen molar-refractivity contribution in [3.05, 3.63) is 55.7 Å². The van der Waals surface area contributed by atoms with Crippen LogP contribution in [0.4, 0.5) is 0 Å². The Labute approximate surface area is 140 Å². The van der Waals surface area contributed by atoms with Crippen LogP contribution in [0.3, 0.4) is 0 Å². The first-order chi connectivity index (χ1) is 10.4. The Bertz CT molecular complexity index is 658. The second kappa shape index (κ2) is 7.27. The van der Waals surface area contributed by atoms with Gasteiger partial charge in [0.1, 0.15) is 6.10 Å². The predicted molar refractivity (Wildman–Crippen MR) is 92.1 cm³/mol. The number of benzene rings is 1. The summed E-state index contributed by atoms with van der Waals surface area (Å²) in [4.78, 5) is 13.5. The Hall–Kier alpha value is -1.36. The zero-order valence-electron chi connectivity index (χ0n) is 13.2. The summed E-state index contributed by atoms with van der Waals surface area (Å²) < 4.78 is 6.17. The molecule has 0 bridgehead atoms. The highest BCUT2D eigenvalue weighted by Crippen LogP contribution is 2.28. The summed E-state index contributed by atoms with van der Waals surface area (Å²) in [7, 11) is 1.63. The minimum absolute atomic E-state index is 0.0697. The molecule has 1 amide bonds. The SMILES string of the molecule is COC(CNC(=O)c1c(C)cc(C)cc1C)c1ccc(Cl)s1. The summed E-state index contributed by atoms with van der Waals surface area (Å²) in [6, 6.07) is 7.81.